The molecule has 0 aliphatic heterocycles. The largest absolute Gasteiger partial charge is 0.478 e. The standard InChI is InChI=1S/C23H17N3O4/c27-22(21-14-19(25-26-21)15-7-3-1-4-8-15)24-20-13-17(11-12-18(20)23(28)29)30-16-9-5-2-6-10-16/h1-14H,(H,24,27)(H,25,26)(H,28,29). The monoisotopic (exact) mass is 399 g/mol. The molecule has 0 saturated heterocycles. The zero-order chi connectivity index (χ0) is 20.9. The van der Waals surface area contributed by atoms with E-state index in [0.717, 1.165) is 5.56 Å². The lowest BCUT2D eigenvalue weighted by Crippen LogP contribution is -2.15. The van der Waals surface area contributed by atoms with E-state index < -0.39 is 11.9 Å². The Morgan fingerprint density at radius 3 is 2.27 bits per heavy atom. The van der Waals surface area contributed by atoms with Crippen LogP contribution in [-0.2, 0) is 0 Å². The number of benzene rings is 3. The molecule has 1 aromatic heterocycles. The maximum absolute atomic E-state index is 12.7. The van der Waals surface area contributed by atoms with E-state index in [0.29, 0.717) is 17.2 Å². The van der Waals surface area contributed by atoms with Crippen LogP contribution in [0.2, 0.25) is 0 Å². The molecule has 1 amide bonds. The predicted octanol–water partition coefficient (Wildman–Crippen LogP) is 4.82. The lowest BCUT2D eigenvalue weighted by Gasteiger charge is -2.11. The number of aromatic carboxylic acids is 1. The summed E-state index contributed by atoms with van der Waals surface area (Å²) in [5, 5.41) is 18.9. The van der Waals surface area contributed by atoms with Gasteiger partial charge in [-0.3, -0.25) is 9.89 Å². The molecular weight excluding hydrogens is 382 g/mol. The molecule has 0 spiro atoms. The molecule has 4 rings (SSSR count). The number of nitrogens with one attached hydrogen (secondary N) is 2. The van der Waals surface area contributed by atoms with E-state index in [1.807, 2.05) is 48.5 Å². The summed E-state index contributed by atoms with van der Waals surface area (Å²) in [6.45, 7) is 0. The molecule has 0 atom stereocenters. The molecule has 4 aromatic rings. The highest BCUT2D eigenvalue weighted by molar-refractivity contribution is 6.07. The number of anilines is 1. The lowest BCUT2D eigenvalue weighted by molar-refractivity contribution is 0.0698. The van der Waals surface area contributed by atoms with E-state index in [9.17, 15) is 14.7 Å². The van der Waals surface area contributed by atoms with Gasteiger partial charge < -0.3 is 15.2 Å². The van der Waals surface area contributed by atoms with Crippen molar-refractivity contribution in [2.75, 3.05) is 5.32 Å². The van der Waals surface area contributed by atoms with Crippen molar-refractivity contribution in [2.45, 2.75) is 0 Å². The molecular formula is C23H17N3O4. The lowest BCUT2D eigenvalue weighted by atomic mass is 10.1. The van der Waals surface area contributed by atoms with Crippen LogP contribution in [0.25, 0.3) is 11.3 Å². The molecule has 30 heavy (non-hydrogen) atoms. The van der Waals surface area contributed by atoms with Crippen LogP contribution in [0.4, 0.5) is 5.69 Å². The minimum absolute atomic E-state index is 0.0495. The molecule has 0 fully saturated rings. The molecule has 0 unspecified atom stereocenters. The predicted molar refractivity (Wildman–Crippen MR) is 112 cm³/mol. The number of carboxylic acid groups (broad SMARTS) is 1. The van der Waals surface area contributed by atoms with E-state index >= 15 is 0 Å². The first-order valence-electron chi connectivity index (χ1n) is 9.12. The summed E-state index contributed by atoms with van der Waals surface area (Å²) in [5.74, 6) is -0.676. The fourth-order valence-corrected chi connectivity index (χ4v) is 2.89. The Balaban J connectivity index is 1.58. The van der Waals surface area contributed by atoms with Gasteiger partial charge in [0.15, 0.2) is 0 Å². The van der Waals surface area contributed by atoms with Gasteiger partial charge in [-0.15, -0.1) is 0 Å². The van der Waals surface area contributed by atoms with Crippen molar-refractivity contribution in [3.05, 3.63) is 96.2 Å². The van der Waals surface area contributed by atoms with Crippen molar-refractivity contribution in [1.29, 1.82) is 0 Å². The number of ether oxygens (including phenoxy) is 1. The summed E-state index contributed by atoms with van der Waals surface area (Å²) in [4.78, 5) is 24.3. The van der Waals surface area contributed by atoms with Crippen LogP contribution in [0.3, 0.4) is 0 Å². The number of carbonyl (C=O) groups excluding carboxylic acids is 1. The fourth-order valence-electron chi connectivity index (χ4n) is 2.89. The van der Waals surface area contributed by atoms with Crippen LogP contribution in [-0.4, -0.2) is 27.2 Å². The smallest absolute Gasteiger partial charge is 0.337 e. The Kier molecular flexibility index (Phi) is 5.25. The van der Waals surface area contributed by atoms with Gasteiger partial charge >= 0.3 is 5.97 Å². The van der Waals surface area contributed by atoms with E-state index in [-0.39, 0.29) is 16.9 Å². The SMILES string of the molecule is O=C(Nc1cc(Oc2ccccc2)ccc1C(=O)O)c1cc(-c2ccccc2)n[nH]1. The normalized spacial score (nSPS) is 10.4. The Labute approximate surface area is 172 Å². The first-order chi connectivity index (χ1) is 14.6. The van der Waals surface area contributed by atoms with E-state index in [1.54, 1.807) is 18.2 Å². The molecule has 0 radical (unpaired) electrons. The number of rotatable bonds is 6. The number of amides is 1. The Morgan fingerprint density at radius 2 is 1.57 bits per heavy atom. The van der Waals surface area contributed by atoms with Gasteiger partial charge in [0.2, 0.25) is 0 Å². The summed E-state index contributed by atoms with van der Waals surface area (Å²) < 4.78 is 5.74. The molecule has 148 valence electrons. The second-order valence-corrected chi connectivity index (χ2v) is 6.41. The quantitative estimate of drug-likeness (QED) is 0.431. The summed E-state index contributed by atoms with van der Waals surface area (Å²) in [5.41, 5.74) is 1.75. The van der Waals surface area contributed by atoms with Crippen LogP contribution in [0.1, 0.15) is 20.8 Å². The van der Waals surface area contributed by atoms with Crippen LogP contribution in [0.5, 0.6) is 11.5 Å². The molecule has 7 heteroatoms. The van der Waals surface area contributed by atoms with Crippen LogP contribution in [0.15, 0.2) is 84.9 Å². The number of hydrogen-bond acceptors (Lipinski definition) is 4. The zero-order valence-electron chi connectivity index (χ0n) is 15.7. The highest BCUT2D eigenvalue weighted by atomic mass is 16.5. The number of carboxylic acids is 1. The van der Waals surface area contributed by atoms with E-state index in [1.165, 1.54) is 18.2 Å². The molecule has 3 aromatic carbocycles. The molecule has 0 saturated carbocycles. The molecule has 0 bridgehead atoms. The molecule has 0 aliphatic carbocycles. The minimum Gasteiger partial charge on any atom is -0.478 e. The topological polar surface area (TPSA) is 104 Å². The number of carbonyl (C=O) groups is 2. The van der Waals surface area contributed by atoms with Gasteiger partial charge in [0.1, 0.15) is 17.2 Å². The molecule has 3 N–H and O–H groups in total. The third-order valence-electron chi connectivity index (χ3n) is 4.34. The summed E-state index contributed by atoms with van der Waals surface area (Å²) >= 11 is 0. The van der Waals surface area contributed by atoms with Crippen molar-refractivity contribution in [1.82, 2.24) is 10.2 Å². The average Bonchev–Trinajstić information content (AvgIpc) is 3.26. The Bertz CT molecular complexity index is 1190. The number of para-hydroxylation sites is 1. The first-order valence-corrected chi connectivity index (χ1v) is 9.12. The third kappa shape index (κ3) is 4.20. The van der Waals surface area contributed by atoms with Gasteiger partial charge in [-0.2, -0.15) is 5.10 Å². The van der Waals surface area contributed by atoms with Crippen molar-refractivity contribution >= 4 is 17.6 Å². The maximum Gasteiger partial charge on any atom is 0.337 e. The second-order valence-electron chi connectivity index (χ2n) is 6.41. The van der Waals surface area contributed by atoms with E-state index in [4.69, 9.17) is 4.74 Å². The van der Waals surface area contributed by atoms with Crippen molar-refractivity contribution in [3.63, 3.8) is 0 Å². The van der Waals surface area contributed by atoms with Crippen LogP contribution < -0.4 is 10.1 Å². The Hall–Kier alpha value is -4.39. The molecule has 7 nitrogen and oxygen atoms in total. The van der Waals surface area contributed by atoms with Gasteiger partial charge in [0.25, 0.3) is 5.91 Å². The number of hydrogen-bond donors (Lipinski definition) is 3. The highest BCUT2D eigenvalue weighted by Gasteiger charge is 2.17. The minimum atomic E-state index is -1.16. The first kappa shape index (κ1) is 18.9. The maximum atomic E-state index is 12.7. The third-order valence-corrected chi connectivity index (χ3v) is 4.34. The van der Waals surface area contributed by atoms with Crippen molar-refractivity contribution in [3.8, 4) is 22.8 Å². The van der Waals surface area contributed by atoms with Gasteiger partial charge in [-0.25, -0.2) is 4.79 Å². The average molecular weight is 399 g/mol. The van der Waals surface area contributed by atoms with Crippen LogP contribution in [0, 0.1) is 0 Å². The summed E-state index contributed by atoms with van der Waals surface area (Å²) in [6, 6.07) is 24.5. The summed E-state index contributed by atoms with van der Waals surface area (Å²) in [6.07, 6.45) is 0. The van der Waals surface area contributed by atoms with E-state index in [2.05, 4.69) is 15.5 Å². The number of H-pyrrole nitrogens is 1. The van der Waals surface area contributed by atoms with Gasteiger partial charge in [0.05, 0.1) is 16.9 Å². The second kappa shape index (κ2) is 8.32. The van der Waals surface area contributed by atoms with Crippen molar-refractivity contribution in [2.24, 2.45) is 0 Å². The molecule has 0 aliphatic rings. The zero-order valence-corrected chi connectivity index (χ0v) is 15.7. The number of aromatic nitrogens is 2. The van der Waals surface area contributed by atoms with Gasteiger partial charge in [0, 0.05) is 11.6 Å². The van der Waals surface area contributed by atoms with Gasteiger partial charge in [-0.1, -0.05) is 48.5 Å². The number of nitrogens with zero attached hydrogens (tertiary/aromatic N) is 1. The van der Waals surface area contributed by atoms with Gasteiger partial charge in [-0.05, 0) is 30.3 Å². The van der Waals surface area contributed by atoms with Crippen molar-refractivity contribution < 1.29 is 19.4 Å². The Morgan fingerprint density at radius 1 is 0.867 bits per heavy atom. The van der Waals surface area contributed by atoms with Crippen LogP contribution >= 0.6 is 0 Å². The molecule has 1 heterocycles. The fraction of sp³-hybridized carbons (Fsp3) is 0. The highest BCUT2D eigenvalue weighted by Crippen LogP contribution is 2.27. The number of aromatic amines is 1. The summed E-state index contributed by atoms with van der Waals surface area (Å²) in [7, 11) is 0.